The van der Waals surface area contributed by atoms with Crippen molar-refractivity contribution in [1.82, 2.24) is 19.9 Å². The minimum atomic E-state index is -1.02. The molecule has 1 fully saturated rings. The highest BCUT2D eigenvalue weighted by molar-refractivity contribution is 5.79. The van der Waals surface area contributed by atoms with Gasteiger partial charge in [-0.3, -0.25) is 0 Å². The summed E-state index contributed by atoms with van der Waals surface area (Å²) in [6, 6.07) is 16.6. The summed E-state index contributed by atoms with van der Waals surface area (Å²) in [6.07, 6.45) is 2.11. The number of aromatic nitrogens is 3. The molecule has 2 aliphatic rings. The molecule has 0 radical (unpaired) electrons. The summed E-state index contributed by atoms with van der Waals surface area (Å²) in [4.78, 5) is 14.4. The van der Waals surface area contributed by atoms with Crippen LogP contribution in [0.15, 0.2) is 54.7 Å². The lowest BCUT2D eigenvalue weighted by atomic mass is 9.88. The van der Waals surface area contributed by atoms with E-state index in [2.05, 4.69) is 34.6 Å². The summed E-state index contributed by atoms with van der Waals surface area (Å²) in [7, 11) is 1.76. The van der Waals surface area contributed by atoms with Crippen LogP contribution in [-0.4, -0.2) is 50.8 Å². The number of benzene rings is 2. The quantitative estimate of drug-likeness (QED) is 0.726. The van der Waals surface area contributed by atoms with Gasteiger partial charge < -0.3 is 14.7 Å². The smallest absolute Gasteiger partial charge is 0.409 e. The van der Waals surface area contributed by atoms with Crippen molar-refractivity contribution < 1.29 is 14.6 Å². The summed E-state index contributed by atoms with van der Waals surface area (Å²) in [6.45, 7) is 1.16. The Hall–Kier alpha value is -3.19. The van der Waals surface area contributed by atoms with Crippen LogP contribution in [0, 0.1) is 0 Å². The Morgan fingerprint density at radius 1 is 1.10 bits per heavy atom. The van der Waals surface area contributed by atoms with Crippen molar-refractivity contribution in [2.75, 3.05) is 19.7 Å². The molecule has 3 aromatic rings. The van der Waals surface area contributed by atoms with Crippen molar-refractivity contribution in [3.8, 4) is 11.1 Å². The second-order valence-electron chi connectivity index (χ2n) is 8.07. The van der Waals surface area contributed by atoms with E-state index in [1.54, 1.807) is 22.8 Å². The molecule has 1 saturated heterocycles. The molecule has 0 atom stereocenters. The molecule has 2 heterocycles. The number of carbonyl (C=O) groups is 1. The first-order chi connectivity index (χ1) is 14.6. The van der Waals surface area contributed by atoms with E-state index in [-0.39, 0.29) is 12.0 Å². The number of ether oxygens (including phenoxy) is 1. The molecule has 1 aliphatic carbocycles. The van der Waals surface area contributed by atoms with Gasteiger partial charge in [0.05, 0.1) is 11.9 Å². The number of hydrogen-bond acceptors (Lipinski definition) is 5. The molecule has 154 valence electrons. The van der Waals surface area contributed by atoms with Crippen molar-refractivity contribution in [1.29, 1.82) is 0 Å². The highest BCUT2D eigenvalue weighted by Crippen LogP contribution is 2.44. The van der Waals surface area contributed by atoms with E-state index in [1.165, 1.54) is 22.3 Å². The molecule has 2 aromatic carbocycles. The van der Waals surface area contributed by atoms with E-state index in [9.17, 15) is 9.90 Å². The number of rotatable bonds is 3. The third-order valence-corrected chi connectivity index (χ3v) is 6.38. The lowest BCUT2D eigenvalue weighted by Gasteiger charge is -2.37. The Morgan fingerprint density at radius 2 is 1.70 bits per heavy atom. The standard InChI is InChI=1S/C23H24N4O3/c1-26-21(14-24-25-26)23(29)10-12-27(13-11-23)22(28)30-15-20-18-8-4-2-6-16(18)17-7-3-5-9-19(17)20/h2-9,14,20,29H,10-13,15H2,1H3. The van der Waals surface area contributed by atoms with Crippen LogP contribution in [0.3, 0.4) is 0 Å². The lowest BCUT2D eigenvalue weighted by Crippen LogP contribution is -2.46. The number of aryl methyl sites for hydroxylation is 1. The van der Waals surface area contributed by atoms with Crippen LogP contribution in [0.4, 0.5) is 4.79 Å². The molecular weight excluding hydrogens is 380 g/mol. The van der Waals surface area contributed by atoms with Crippen LogP contribution >= 0.6 is 0 Å². The predicted octanol–water partition coefficient (Wildman–Crippen LogP) is 3.05. The fourth-order valence-electron chi connectivity index (χ4n) is 4.71. The topological polar surface area (TPSA) is 80.5 Å². The number of likely N-dealkylation sites (tertiary alicyclic amines) is 1. The van der Waals surface area contributed by atoms with E-state index in [4.69, 9.17) is 4.74 Å². The van der Waals surface area contributed by atoms with Crippen molar-refractivity contribution in [3.05, 3.63) is 71.5 Å². The number of hydrogen-bond donors (Lipinski definition) is 1. The molecule has 1 amide bonds. The molecular formula is C23H24N4O3. The average Bonchev–Trinajstić information content (AvgIpc) is 3.34. The number of carbonyl (C=O) groups excluding carboxylic acids is 1. The van der Waals surface area contributed by atoms with Gasteiger partial charge in [0.25, 0.3) is 0 Å². The fourth-order valence-corrected chi connectivity index (χ4v) is 4.71. The largest absolute Gasteiger partial charge is 0.448 e. The summed E-state index contributed by atoms with van der Waals surface area (Å²) in [5.74, 6) is 0.0450. The van der Waals surface area contributed by atoms with Gasteiger partial charge in [0.2, 0.25) is 0 Å². The second-order valence-corrected chi connectivity index (χ2v) is 8.07. The Bertz CT molecular complexity index is 1040. The summed E-state index contributed by atoms with van der Waals surface area (Å²) >= 11 is 0. The zero-order chi connectivity index (χ0) is 20.7. The maximum absolute atomic E-state index is 12.7. The molecule has 0 spiro atoms. The third-order valence-electron chi connectivity index (χ3n) is 6.38. The maximum atomic E-state index is 12.7. The van der Waals surface area contributed by atoms with Crippen LogP contribution in [0.1, 0.15) is 35.6 Å². The van der Waals surface area contributed by atoms with E-state index < -0.39 is 5.60 Å². The van der Waals surface area contributed by atoms with E-state index in [0.29, 0.717) is 38.2 Å². The Balaban J connectivity index is 1.25. The molecule has 1 aromatic heterocycles. The van der Waals surface area contributed by atoms with Crippen LogP contribution in [-0.2, 0) is 17.4 Å². The maximum Gasteiger partial charge on any atom is 0.409 e. The fraction of sp³-hybridized carbons (Fsp3) is 0.348. The SMILES string of the molecule is Cn1nncc1C1(O)CCN(C(=O)OCC2c3ccccc3-c3ccccc32)CC1. The molecule has 0 bridgehead atoms. The van der Waals surface area contributed by atoms with Crippen LogP contribution < -0.4 is 0 Å². The summed E-state index contributed by atoms with van der Waals surface area (Å²) < 4.78 is 7.32. The molecule has 5 rings (SSSR count). The van der Waals surface area contributed by atoms with Gasteiger partial charge in [0.15, 0.2) is 0 Å². The molecule has 7 heteroatoms. The average molecular weight is 404 g/mol. The van der Waals surface area contributed by atoms with Crippen LogP contribution in [0.5, 0.6) is 0 Å². The minimum Gasteiger partial charge on any atom is -0.448 e. The molecule has 1 N–H and O–H groups in total. The van der Waals surface area contributed by atoms with Crippen molar-refractivity contribution in [2.24, 2.45) is 7.05 Å². The number of aliphatic hydroxyl groups is 1. The van der Waals surface area contributed by atoms with E-state index in [1.807, 2.05) is 24.3 Å². The monoisotopic (exact) mass is 404 g/mol. The Morgan fingerprint density at radius 3 is 2.27 bits per heavy atom. The van der Waals surface area contributed by atoms with Crippen LogP contribution in [0.25, 0.3) is 11.1 Å². The minimum absolute atomic E-state index is 0.0450. The number of fused-ring (bicyclic) bond motifs is 3. The van der Waals surface area contributed by atoms with Crippen molar-refractivity contribution in [3.63, 3.8) is 0 Å². The first-order valence-electron chi connectivity index (χ1n) is 10.2. The first kappa shape index (κ1) is 18.8. The zero-order valence-corrected chi connectivity index (χ0v) is 16.9. The summed E-state index contributed by atoms with van der Waals surface area (Å²) in [5.41, 5.74) is 4.48. The van der Waals surface area contributed by atoms with E-state index >= 15 is 0 Å². The Labute approximate surface area is 174 Å². The van der Waals surface area contributed by atoms with Gasteiger partial charge in [-0.2, -0.15) is 0 Å². The third kappa shape index (κ3) is 3.06. The van der Waals surface area contributed by atoms with Gasteiger partial charge in [0.1, 0.15) is 12.2 Å². The Kier molecular flexibility index (Phi) is 4.55. The van der Waals surface area contributed by atoms with Gasteiger partial charge in [0, 0.05) is 26.1 Å². The van der Waals surface area contributed by atoms with Gasteiger partial charge in [-0.05, 0) is 35.1 Å². The van der Waals surface area contributed by atoms with Gasteiger partial charge in [-0.15, -0.1) is 5.10 Å². The first-order valence-corrected chi connectivity index (χ1v) is 10.2. The zero-order valence-electron chi connectivity index (χ0n) is 16.9. The molecule has 0 saturated carbocycles. The molecule has 30 heavy (non-hydrogen) atoms. The molecule has 7 nitrogen and oxygen atoms in total. The van der Waals surface area contributed by atoms with Gasteiger partial charge in [-0.1, -0.05) is 53.7 Å². The van der Waals surface area contributed by atoms with Crippen LogP contribution in [0.2, 0.25) is 0 Å². The predicted molar refractivity (Wildman–Crippen MR) is 111 cm³/mol. The highest BCUT2D eigenvalue weighted by Gasteiger charge is 2.38. The lowest BCUT2D eigenvalue weighted by molar-refractivity contribution is -0.0307. The molecule has 0 unspecified atom stereocenters. The van der Waals surface area contributed by atoms with E-state index in [0.717, 1.165) is 0 Å². The highest BCUT2D eigenvalue weighted by atomic mass is 16.6. The van der Waals surface area contributed by atoms with Gasteiger partial charge >= 0.3 is 6.09 Å². The number of amides is 1. The normalized spacial score (nSPS) is 17.5. The number of nitrogens with zero attached hydrogens (tertiary/aromatic N) is 4. The summed E-state index contributed by atoms with van der Waals surface area (Å²) in [5, 5.41) is 18.7. The number of piperidine rings is 1. The molecule has 1 aliphatic heterocycles. The van der Waals surface area contributed by atoms with Crippen molar-refractivity contribution >= 4 is 6.09 Å². The van der Waals surface area contributed by atoms with Gasteiger partial charge in [-0.25, -0.2) is 9.48 Å². The second kappa shape index (κ2) is 7.25. The van der Waals surface area contributed by atoms with Crippen molar-refractivity contribution in [2.45, 2.75) is 24.4 Å².